The summed E-state index contributed by atoms with van der Waals surface area (Å²) in [4.78, 5) is 31.7. The molecule has 0 aliphatic heterocycles. The Labute approximate surface area is 146 Å². The first-order valence-corrected chi connectivity index (χ1v) is 8.11. The van der Waals surface area contributed by atoms with Gasteiger partial charge in [-0.2, -0.15) is 0 Å². The van der Waals surface area contributed by atoms with Crippen LogP contribution in [0.5, 0.6) is 0 Å². The van der Waals surface area contributed by atoms with Gasteiger partial charge in [-0.3, -0.25) is 9.59 Å². The Morgan fingerprint density at radius 2 is 1.92 bits per heavy atom. The zero-order valence-corrected chi connectivity index (χ0v) is 15.5. The summed E-state index contributed by atoms with van der Waals surface area (Å²) in [5, 5.41) is 13.1. The summed E-state index contributed by atoms with van der Waals surface area (Å²) in [6.07, 6.45) is 0. The van der Waals surface area contributed by atoms with Crippen LogP contribution in [0.3, 0.4) is 0 Å². The average Bonchev–Trinajstić information content (AvgIpc) is 2.91. The first-order chi connectivity index (χ1) is 11.4. The molecule has 3 N–H and O–H groups in total. The fourth-order valence-corrected chi connectivity index (χ4v) is 2.36. The number of nitrogens with zero attached hydrogens (tertiary/aromatic N) is 1. The van der Waals surface area contributed by atoms with Gasteiger partial charge in [0.25, 0.3) is 11.5 Å². The van der Waals surface area contributed by atoms with Gasteiger partial charge in [-0.25, -0.2) is 4.98 Å². The van der Waals surface area contributed by atoms with Crippen molar-refractivity contribution in [1.82, 2.24) is 15.3 Å². The first kappa shape index (κ1) is 18.9. The molecule has 1 atom stereocenters. The molecule has 0 aromatic carbocycles. The Hall–Kier alpha value is -2.41. The van der Waals surface area contributed by atoms with Gasteiger partial charge >= 0.3 is 0 Å². The van der Waals surface area contributed by atoms with Gasteiger partial charge in [0.2, 0.25) is 0 Å². The maximum Gasteiger partial charge on any atom is 0.264 e. The second-order valence-corrected chi connectivity index (χ2v) is 7.49. The van der Waals surface area contributed by atoms with E-state index in [1.165, 1.54) is 6.92 Å². The van der Waals surface area contributed by atoms with Gasteiger partial charge in [-0.05, 0) is 32.9 Å². The third-order valence-electron chi connectivity index (χ3n) is 3.90. The molecule has 0 aliphatic carbocycles. The van der Waals surface area contributed by atoms with Gasteiger partial charge in [-0.1, -0.05) is 20.8 Å². The van der Waals surface area contributed by atoms with E-state index in [0.717, 1.165) is 0 Å². The lowest BCUT2D eigenvalue weighted by atomic mass is 9.95. The van der Waals surface area contributed by atoms with E-state index in [1.54, 1.807) is 26.0 Å². The van der Waals surface area contributed by atoms with E-state index in [4.69, 9.17) is 4.42 Å². The lowest BCUT2D eigenvalue weighted by Crippen LogP contribution is -2.41. The molecule has 0 bridgehead atoms. The van der Waals surface area contributed by atoms with Crippen LogP contribution in [0.4, 0.5) is 0 Å². The monoisotopic (exact) mass is 347 g/mol. The van der Waals surface area contributed by atoms with E-state index < -0.39 is 17.1 Å². The highest BCUT2D eigenvalue weighted by Gasteiger charge is 2.29. The number of furan rings is 1. The zero-order chi connectivity index (χ0) is 19.0. The van der Waals surface area contributed by atoms with Crippen molar-refractivity contribution >= 4 is 5.91 Å². The summed E-state index contributed by atoms with van der Waals surface area (Å²) >= 11 is 0. The maximum atomic E-state index is 12.4. The molecule has 7 nitrogen and oxygen atoms in total. The highest BCUT2D eigenvalue weighted by atomic mass is 16.4. The van der Waals surface area contributed by atoms with Crippen molar-refractivity contribution in [3.8, 4) is 0 Å². The molecule has 1 amide bonds. The summed E-state index contributed by atoms with van der Waals surface area (Å²) in [6.45, 7) is 10.6. The van der Waals surface area contributed by atoms with E-state index >= 15 is 0 Å². The number of H-pyrrole nitrogens is 1. The number of nitrogens with one attached hydrogen (secondary N) is 2. The number of hydrogen-bond acceptors (Lipinski definition) is 5. The van der Waals surface area contributed by atoms with Crippen molar-refractivity contribution in [1.29, 1.82) is 0 Å². The van der Waals surface area contributed by atoms with Crippen molar-refractivity contribution in [2.75, 3.05) is 6.54 Å². The van der Waals surface area contributed by atoms with E-state index in [1.807, 2.05) is 20.8 Å². The van der Waals surface area contributed by atoms with Gasteiger partial charge in [0, 0.05) is 5.41 Å². The predicted octanol–water partition coefficient (Wildman–Crippen LogP) is 1.91. The topological polar surface area (TPSA) is 108 Å². The summed E-state index contributed by atoms with van der Waals surface area (Å²) in [5.41, 5.74) is -1.93. The molecule has 0 radical (unpaired) electrons. The van der Waals surface area contributed by atoms with Crippen molar-refractivity contribution in [2.24, 2.45) is 0 Å². The second kappa shape index (κ2) is 6.48. The minimum atomic E-state index is -1.39. The van der Waals surface area contributed by atoms with E-state index in [9.17, 15) is 14.7 Å². The quantitative estimate of drug-likeness (QED) is 0.783. The molecular formula is C18H25N3O4. The van der Waals surface area contributed by atoms with Crippen molar-refractivity contribution < 1.29 is 14.3 Å². The fraction of sp³-hybridized carbons (Fsp3) is 0.500. The van der Waals surface area contributed by atoms with Gasteiger partial charge in [-0.15, -0.1) is 0 Å². The normalized spacial score (nSPS) is 14.2. The molecular weight excluding hydrogens is 322 g/mol. The number of aliphatic hydroxyl groups is 1. The molecule has 1 unspecified atom stereocenters. The van der Waals surface area contributed by atoms with Crippen LogP contribution in [0.1, 0.15) is 61.1 Å². The number of aromatic amines is 1. The molecule has 0 fully saturated rings. The highest BCUT2D eigenvalue weighted by Crippen LogP contribution is 2.22. The summed E-state index contributed by atoms with van der Waals surface area (Å²) in [5.74, 6) is 0.938. The smallest absolute Gasteiger partial charge is 0.264 e. The van der Waals surface area contributed by atoms with Gasteiger partial charge in [0.15, 0.2) is 0 Å². The highest BCUT2D eigenvalue weighted by molar-refractivity contribution is 5.94. The van der Waals surface area contributed by atoms with Crippen LogP contribution in [-0.4, -0.2) is 27.5 Å². The summed E-state index contributed by atoms with van der Waals surface area (Å²) < 4.78 is 5.41. The van der Waals surface area contributed by atoms with Crippen LogP contribution in [0.25, 0.3) is 0 Å². The molecule has 25 heavy (non-hydrogen) atoms. The molecule has 2 heterocycles. The molecule has 136 valence electrons. The van der Waals surface area contributed by atoms with Crippen LogP contribution < -0.4 is 10.9 Å². The van der Waals surface area contributed by atoms with E-state index in [-0.39, 0.29) is 17.5 Å². The van der Waals surface area contributed by atoms with Crippen molar-refractivity contribution in [3.05, 3.63) is 51.1 Å². The van der Waals surface area contributed by atoms with E-state index in [0.29, 0.717) is 23.0 Å². The Kier molecular flexibility index (Phi) is 4.90. The molecule has 2 aromatic heterocycles. The molecule has 0 spiro atoms. The van der Waals surface area contributed by atoms with Crippen LogP contribution in [0, 0.1) is 13.8 Å². The Bertz CT molecular complexity index is 841. The van der Waals surface area contributed by atoms with Crippen molar-refractivity contribution in [3.63, 3.8) is 0 Å². The van der Waals surface area contributed by atoms with Gasteiger partial charge in [0.05, 0.1) is 12.2 Å². The number of carbonyl (C=O) groups is 1. The zero-order valence-electron chi connectivity index (χ0n) is 15.5. The lowest BCUT2D eigenvalue weighted by molar-refractivity contribution is 0.0323. The summed E-state index contributed by atoms with van der Waals surface area (Å²) in [6, 6.07) is 3.38. The number of carbonyl (C=O) groups excluding carboxylic acids is 1. The third kappa shape index (κ3) is 4.17. The minimum absolute atomic E-state index is 0.0561. The molecule has 0 saturated heterocycles. The number of aromatic nitrogens is 2. The summed E-state index contributed by atoms with van der Waals surface area (Å²) in [7, 11) is 0. The van der Waals surface area contributed by atoms with Crippen molar-refractivity contribution in [2.45, 2.75) is 52.6 Å². The van der Waals surface area contributed by atoms with Crippen LogP contribution in [-0.2, 0) is 11.0 Å². The largest absolute Gasteiger partial charge is 0.463 e. The van der Waals surface area contributed by atoms with Crippen LogP contribution >= 0.6 is 0 Å². The molecule has 7 heteroatoms. The number of rotatable bonds is 4. The molecule has 0 aliphatic rings. The maximum absolute atomic E-state index is 12.4. The van der Waals surface area contributed by atoms with E-state index in [2.05, 4.69) is 15.3 Å². The number of aryl methyl sites for hydroxylation is 2. The van der Waals surface area contributed by atoms with Gasteiger partial charge < -0.3 is 19.8 Å². The predicted molar refractivity (Wildman–Crippen MR) is 93.6 cm³/mol. The SMILES string of the molecule is Cc1ccc(C(C)(O)CNC(=O)c2c(C)nc(C(C)(C)C)[nH]c2=O)o1. The number of hydrogen-bond donors (Lipinski definition) is 3. The molecule has 2 aromatic rings. The fourth-order valence-electron chi connectivity index (χ4n) is 2.36. The van der Waals surface area contributed by atoms with Crippen LogP contribution in [0.2, 0.25) is 0 Å². The third-order valence-corrected chi connectivity index (χ3v) is 3.90. The lowest BCUT2D eigenvalue weighted by Gasteiger charge is -2.22. The average molecular weight is 347 g/mol. The Balaban J connectivity index is 2.20. The van der Waals surface area contributed by atoms with Gasteiger partial charge in [0.1, 0.15) is 28.5 Å². The standard InChI is InChI=1S/C18H25N3O4/c1-10-7-8-12(25-10)18(6,24)9-19-14(22)13-11(2)20-16(17(3,4)5)21-15(13)23/h7-8,24H,9H2,1-6H3,(H,19,22)(H,20,21,23). The molecule has 0 saturated carbocycles. The number of amides is 1. The first-order valence-electron chi connectivity index (χ1n) is 8.11. The second-order valence-electron chi connectivity index (χ2n) is 7.49. The Morgan fingerprint density at radius 3 is 2.40 bits per heavy atom. The molecule has 2 rings (SSSR count). The minimum Gasteiger partial charge on any atom is -0.463 e. The van der Waals surface area contributed by atoms with Crippen LogP contribution in [0.15, 0.2) is 21.3 Å². The Morgan fingerprint density at radius 1 is 1.28 bits per heavy atom.